The number of amides is 5. The number of nitrogens with zero attached hydrogens (tertiary/aromatic N) is 2. The molecular formula is C16H24N4O5. The highest BCUT2D eigenvalue weighted by Gasteiger charge is 2.44. The maximum Gasteiger partial charge on any atom is 0.335 e. The fourth-order valence-electron chi connectivity index (χ4n) is 3.10. The quantitative estimate of drug-likeness (QED) is 0.333. The summed E-state index contributed by atoms with van der Waals surface area (Å²) in [5.41, 5.74) is -0.167. The first kappa shape index (κ1) is 19.1. The summed E-state index contributed by atoms with van der Waals surface area (Å²) in [6, 6.07) is -0.793. The molecule has 2 aliphatic rings. The Kier molecular flexibility index (Phi) is 6.27. The van der Waals surface area contributed by atoms with Crippen molar-refractivity contribution in [3.05, 3.63) is 12.7 Å². The third-order valence-electron chi connectivity index (χ3n) is 4.52. The Morgan fingerprint density at radius 2 is 1.92 bits per heavy atom. The molecule has 2 N–H and O–H groups in total. The van der Waals surface area contributed by atoms with Crippen molar-refractivity contribution in [2.75, 3.05) is 46.4 Å². The van der Waals surface area contributed by atoms with E-state index in [9.17, 15) is 19.2 Å². The first-order chi connectivity index (χ1) is 11.9. The molecule has 0 unspecified atom stereocenters. The van der Waals surface area contributed by atoms with Gasteiger partial charge >= 0.3 is 17.8 Å². The summed E-state index contributed by atoms with van der Waals surface area (Å²) in [5, 5.41) is 6.03. The molecule has 0 bridgehead atoms. The van der Waals surface area contributed by atoms with Crippen molar-refractivity contribution in [1.82, 2.24) is 20.4 Å². The highest BCUT2D eigenvalue weighted by atomic mass is 16.5. The van der Waals surface area contributed by atoms with Crippen LogP contribution in [0.2, 0.25) is 0 Å². The van der Waals surface area contributed by atoms with Crippen LogP contribution >= 0.6 is 0 Å². The van der Waals surface area contributed by atoms with Gasteiger partial charge in [-0.25, -0.2) is 9.69 Å². The number of carbonyl (C=O) groups excluding carboxylic acids is 4. The predicted octanol–water partition coefficient (Wildman–Crippen LogP) is -0.904. The van der Waals surface area contributed by atoms with Crippen molar-refractivity contribution in [1.29, 1.82) is 0 Å². The summed E-state index contributed by atoms with van der Waals surface area (Å²) in [5.74, 6) is -2.41. The van der Waals surface area contributed by atoms with Gasteiger partial charge in [-0.1, -0.05) is 6.08 Å². The van der Waals surface area contributed by atoms with Gasteiger partial charge in [0.25, 0.3) is 0 Å². The van der Waals surface area contributed by atoms with E-state index in [0.717, 1.165) is 30.8 Å². The number of carbonyl (C=O) groups is 4. The number of hydrogen-bond acceptors (Lipinski definition) is 6. The molecule has 0 saturated carbocycles. The first-order valence-corrected chi connectivity index (χ1v) is 8.19. The molecule has 0 aromatic rings. The number of nitrogens with one attached hydrogen (secondary N) is 2. The summed E-state index contributed by atoms with van der Waals surface area (Å²) in [6.07, 6.45) is 3.06. The molecule has 2 heterocycles. The van der Waals surface area contributed by atoms with Gasteiger partial charge in [-0.05, 0) is 25.9 Å². The Labute approximate surface area is 146 Å². The van der Waals surface area contributed by atoms with Crippen LogP contribution in [0.3, 0.4) is 0 Å². The Morgan fingerprint density at radius 3 is 2.52 bits per heavy atom. The zero-order chi connectivity index (χ0) is 18.4. The van der Waals surface area contributed by atoms with Crippen LogP contribution in [-0.4, -0.2) is 80.0 Å². The van der Waals surface area contributed by atoms with E-state index in [-0.39, 0.29) is 12.0 Å². The number of piperidine rings is 1. The Hall–Kier alpha value is -2.26. The number of urea groups is 1. The van der Waals surface area contributed by atoms with Crippen molar-refractivity contribution in [2.24, 2.45) is 5.41 Å². The fraction of sp³-hybridized carbons (Fsp3) is 0.625. The summed E-state index contributed by atoms with van der Waals surface area (Å²) in [4.78, 5) is 49.3. The zero-order valence-electron chi connectivity index (χ0n) is 14.4. The van der Waals surface area contributed by atoms with E-state index in [4.69, 9.17) is 4.74 Å². The van der Waals surface area contributed by atoms with Gasteiger partial charge in [0.2, 0.25) is 5.91 Å². The molecule has 2 aliphatic heterocycles. The van der Waals surface area contributed by atoms with E-state index in [1.165, 1.54) is 6.08 Å². The SMILES string of the molecule is C=CCN1C(=O)C(=O)N(CC(=O)NCC2(COC)CCNCC2)C1=O. The minimum absolute atomic E-state index is 0.0640. The summed E-state index contributed by atoms with van der Waals surface area (Å²) < 4.78 is 5.28. The van der Waals surface area contributed by atoms with Crippen molar-refractivity contribution in [3.8, 4) is 0 Å². The zero-order valence-corrected chi connectivity index (χ0v) is 14.4. The molecule has 0 spiro atoms. The highest BCUT2D eigenvalue weighted by Crippen LogP contribution is 2.28. The molecule has 25 heavy (non-hydrogen) atoms. The van der Waals surface area contributed by atoms with Gasteiger partial charge in [-0.15, -0.1) is 6.58 Å². The van der Waals surface area contributed by atoms with Crippen LogP contribution in [-0.2, 0) is 19.1 Å². The molecule has 2 rings (SSSR count). The maximum absolute atomic E-state index is 12.2. The van der Waals surface area contributed by atoms with E-state index >= 15 is 0 Å². The second-order valence-corrected chi connectivity index (χ2v) is 6.34. The predicted molar refractivity (Wildman–Crippen MR) is 88.4 cm³/mol. The second-order valence-electron chi connectivity index (χ2n) is 6.34. The lowest BCUT2D eigenvalue weighted by Crippen LogP contribution is -2.49. The minimum Gasteiger partial charge on any atom is -0.384 e. The van der Waals surface area contributed by atoms with E-state index in [0.29, 0.717) is 18.1 Å². The topological polar surface area (TPSA) is 108 Å². The van der Waals surface area contributed by atoms with Crippen LogP contribution < -0.4 is 10.6 Å². The van der Waals surface area contributed by atoms with Gasteiger partial charge in [0.1, 0.15) is 6.54 Å². The van der Waals surface area contributed by atoms with Gasteiger partial charge < -0.3 is 15.4 Å². The molecule has 0 aromatic heterocycles. The van der Waals surface area contributed by atoms with Crippen LogP contribution in [0.4, 0.5) is 4.79 Å². The minimum atomic E-state index is -0.990. The van der Waals surface area contributed by atoms with Gasteiger partial charge in [0, 0.05) is 25.6 Å². The molecule has 0 atom stereocenters. The lowest BCUT2D eigenvalue weighted by molar-refractivity contribution is -0.143. The standard InChI is InChI=1S/C16H24N4O5/c1-3-8-19-13(22)14(23)20(15(19)24)9-12(21)18-10-16(11-25-2)4-6-17-7-5-16/h3,17H,1,4-11H2,2H3,(H,18,21). The third-order valence-corrected chi connectivity index (χ3v) is 4.52. The van der Waals surface area contributed by atoms with Crippen LogP contribution in [0.25, 0.3) is 0 Å². The monoisotopic (exact) mass is 352 g/mol. The summed E-state index contributed by atoms with van der Waals surface area (Å²) in [6.45, 7) is 5.49. The second kappa shape index (κ2) is 8.21. The van der Waals surface area contributed by atoms with E-state index in [1.807, 2.05) is 0 Å². The molecular weight excluding hydrogens is 328 g/mol. The molecule has 9 nitrogen and oxygen atoms in total. The molecule has 2 saturated heterocycles. The Bertz CT molecular complexity index is 565. The Balaban J connectivity index is 1.93. The van der Waals surface area contributed by atoms with Gasteiger partial charge in [-0.3, -0.25) is 19.3 Å². The maximum atomic E-state index is 12.2. The summed E-state index contributed by atoms with van der Waals surface area (Å²) >= 11 is 0. The lowest BCUT2D eigenvalue weighted by atomic mass is 9.79. The normalized spacial score (nSPS) is 20.1. The van der Waals surface area contributed by atoms with Crippen LogP contribution in [0.15, 0.2) is 12.7 Å². The van der Waals surface area contributed by atoms with Gasteiger partial charge in [0.15, 0.2) is 0 Å². The molecule has 0 radical (unpaired) electrons. The van der Waals surface area contributed by atoms with Crippen molar-refractivity contribution in [3.63, 3.8) is 0 Å². The van der Waals surface area contributed by atoms with E-state index in [2.05, 4.69) is 17.2 Å². The van der Waals surface area contributed by atoms with Crippen LogP contribution in [0, 0.1) is 5.41 Å². The number of hydrogen-bond donors (Lipinski definition) is 2. The Morgan fingerprint density at radius 1 is 1.28 bits per heavy atom. The molecule has 0 aromatic carbocycles. The lowest BCUT2D eigenvalue weighted by Gasteiger charge is -2.37. The molecule has 138 valence electrons. The number of imide groups is 2. The summed E-state index contributed by atoms with van der Waals surface area (Å²) in [7, 11) is 1.62. The fourth-order valence-corrected chi connectivity index (χ4v) is 3.10. The smallest absolute Gasteiger partial charge is 0.335 e. The number of rotatable bonds is 8. The van der Waals surface area contributed by atoms with Crippen molar-refractivity contribution < 1.29 is 23.9 Å². The average molecular weight is 352 g/mol. The van der Waals surface area contributed by atoms with Gasteiger partial charge in [-0.2, -0.15) is 0 Å². The molecule has 9 heteroatoms. The molecule has 0 aliphatic carbocycles. The van der Waals surface area contributed by atoms with Gasteiger partial charge in [0.05, 0.1) is 6.61 Å². The third kappa shape index (κ3) is 4.23. The molecule has 2 fully saturated rings. The molecule has 5 amide bonds. The van der Waals surface area contributed by atoms with Crippen molar-refractivity contribution >= 4 is 23.8 Å². The highest BCUT2D eigenvalue weighted by molar-refractivity contribution is 6.45. The number of methoxy groups -OCH3 is 1. The van der Waals surface area contributed by atoms with E-state index in [1.54, 1.807) is 7.11 Å². The van der Waals surface area contributed by atoms with E-state index < -0.39 is 30.3 Å². The largest absolute Gasteiger partial charge is 0.384 e. The van der Waals surface area contributed by atoms with Crippen LogP contribution in [0.5, 0.6) is 0 Å². The van der Waals surface area contributed by atoms with Crippen LogP contribution in [0.1, 0.15) is 12.8 Å². The van der Waals surface area contributed by atoms with Crippen molar-refractivity contribution in [2.45, 2.75) is 12.8 Å². The first-order valence-electron chi connectivity index (χ1n) is 8.19. The number of ether oxygens (including phenoxy) is 1. The average Bonchev–Trinajstić information content (AvgIpc) is 2.80.